The summed E-state index contributed by atoms with van der Waals surface area (Å²) in [5.74, 6) is 0. The molecule has 11 rings (SSSR count). The van der Waals surface area contributed by atoms with Crippen molar-refractivity contribution in [2.75, 3.05) is 0 Å². The first-order valence-corrected chi connectivity index (χ1v) is 17.4. The van der Waals surface area contributed by atoms with E-state index < -0.39 is 0 Å². The first kappa shape index (κ1) is 28.0. The molecule has 0 spiro atoms. The molecule has 3 heterocycles. The van der Waals surface area contributed by atoms with Crippen molar-refractivity contribution in [2.45, 2.75) is 0 Å². The van der Waals surface area contributed by atoms with Crippen LogP contribution in [0.25, 0.3) is 99.2 Å². The average molecular weight is 651 g/mol. The van der Waals surface area contributed by atoms with Gasteiger partial charge in [0.05, 0.1) is 27.5 Å². The third kappa shape index (κ3) is 4.19. The summed E-state index contributed by atoms with van der Waals surface area (Å²) < 4.78 is 11.7. The van der Waals surface area contributed by atoms with E-state index in [1.165, 1.54) is 43.9 Å². The van der Waals surface area contributed by atoms with Gasteiger partial charge in [0, 0.05) is 38.3 Å². The zero-order valence-electron chi connectivity index (χ0n) is 27.6. The maximum absolute atomic E-state index is 6.93. The minimum Gasteiger partial charge on any atom is -0.455 e. The van der Waals surface area contributed by atoms with Crippen molar-refractivity contribution < 1.29 is 4.42 Å². The topological polar surface area (TPSA) is 23.0 Å². The fraction of sp³-hybridized carbons (Fsp3) is 0. The fourth-order valence-electron chi connectivity index (χ4n) is 8.19. The monoisotopic (exact) mass is 650 g/mol. The summed E-state index contributed by atoms with van der Waals surface area (Å²) in [5.41, 5.74) is 13.5. The van der Waals surface area contributed by atoms with Crippen LogP contribution in [0.1, 0.15) is 0 Å². The molecule has 0 atom stereocenters. The molecule has 0 radical (unpaired) electrons. The Bertz CT molecular complexity index is 3110. The molecule has 0 aliphatic rings. The van der Waals surface area contributed by atoms with Crippen LogP contribution in [0.4, 0.5) is 0 Å². The van der Waals surface area contributed by atoms with Crippen LogP contribution >= 0.6 is 0 Å². The second-order valence-corrected chi connectivity index (χ2v) is 13.3. The van der Waals surface area contributed by atoms with E-state index in [2.05, 4.69) is 191 Å². The van der Waals surface area contributed by atoms with Gasteiger partial charge in [-0.25, -0.2) is 0 Å². The quantitative estimate of drug-likeness (QED) is 0.186. The van der Waals surface area contributed by atoms with Crippen LogP contribution in [0.15, 0.2) is 186 Å². The van der Waals surface area contributed by atoms with Crippen molar-refractivity contribution in [2.24, 2.45) is 0 Å². The lowest BCUT2D eigenvalue weighted by Gasteiger charge is -2.10. The van der Waals surface area contributed by atoms with Crippen molar-refractivity contribution in [1.82, 2.24) is 9.13 Å². The number of fused-ring (bicyclic) bond motifs is 10. The highest BCUT2D eigenvalue weighted by atomic mass is 16.3. The van der Waals surface area contributed by atoms with Crippen molar-refractivity contribution in [3.63, 3.8) is 0 Å². The molecule has 51 heavy (non-hydrogen) atoms. The molecule has 0 bridgehead atoms. The molecule has 238 valence electrons. The highest BCUT2D eigenvalue weighted by Gasteiger charge is 2.21. The Balaban J connectivity index is 1.15. The number of benzene rings is 8. The minimum atomic E-state index is 0.898. The minimum absolute atomic E-state index is 0.898. The SMILES string of the molecule is c1ccc(-c2ccc(-n3c4ccccc4c4c5oc6cc7c8ccccc8n(-c8cccc(-c9ccccc9)c8)c7cc6c5ccc43)cc2)cc1. The summed E-state index contributed by atoms with van der Waals surface area (Å²) in [5, 5.41) is 6.95. The number of hydrogen-bond acceptors (Lipinski definition) is 1. The Hall–Kier alpha value is -6.84. The second kappa shape index (κ2) is 10.8. The van der Waals surface area contributed by atoms with Crippen molar-refractivity contribution in [1.29, 1.82) is 0 Å². The van der Waals surface area contributed by atoms with Crippen molar-refractivity contribution >= 4 is 65.6 Å². The van der Waals surface area contributed by atoms with E-state index in [1.54, 1.807) is 0 Å². The summed E-state index contributed by atoms with van der Waals surface area (Å²) >= 11 is 0. The van der Waals surface area contributed by atoms with Gasteiger partial charge in [0.1, 0.15) is 11.2 Å². The molecule has 3 nitrogen and oxygen atoms in total. The third-order valence-electron chi connectivity index (χ3n) is 10.5. The summed E-state index contributed by atoms with van der Waals surface area (Å²) in [6, 6.07) is 65.3. The number of aromatic nitrogens is 2. The van der Waals surface area contributed by atoms with Gasteiger partial charge < -0.3 is 13.6 Å². The third-order valence-corrected chi connectivity index (χ3v) is 10.5. The van der Waals surface area contributed by atoms with Gasteiger partial charge in [0.15, 0.2) is 0 Å². The molecule has 0 aliphatic heterocycles. The Labute approximate surface area is 293 Å². The van der Waals surface area contributed by atoms with E-state index in [-0.39, 0.29) is 0 Å². The van der Waals surface area contributed by atoms with Crippen LogP contribution < -0.4 is 0 Å². The van der Waals surface area contributed by atoms with E-state index in [9.17, 15) is 0 Å². The highest BCUT2D eigenvalue weighted by molar-refractivity contribution is 6.25. The van der Waals surface area contributed by atoms with Crippen molar-refractivity contribution in [3.05, 3.63) is 182 Å². The molecular formula is C48H30N2O. The van der Waals surface area contributed by atoms with Gasteiger partial charge in [-0.3, -0.25) is 0 Å². The van der Waals surface area contributed by atoms with Gasteiger partial charge in [-0.2, -0.15) is 0 Å². The average Bonchev–Trinajstić information content (AvgIpc) is 3.85. The Morgan fingerprint density at radius 2 is 0.922 bits per heavy atom. The predicted molar refractivity (Wildman–Crippen MR) is 213 cm³/mol. The summed E-state index contributed by atoms with van der Waals surface area (Å²) in [6.07, 6.45) is 0. The maximum Gasteiger partial charge on any atom is 0.145 e. The Morgan fingerprint density at radius 1 is 0.314 bits per heavy atom. The van der Waals surface area contributed by atoms with Gasteiger partial charge in [-0.15, -0.1) is 0 Å². The van der Waals surface area contributed by atoms with Crippen LogP contribution in [-0.2, 0) is 0 Å². The highest BCUT2D eigenvalue weighted by Crippen LogP contribution is 2.43. The molecule has 0 unspecified atom stereocenters. The van der Waals surface area contributed by atoms with Crippen LogP contribution in [0.5, 0.6) is 0 Å². The molecule has 3 heteroatoms. The van der Waals surface area contributed by atoms with E-state index in [0.717, 1.165) is 55.2 Å². The van der Waals surface area contributed by atoms with E-state index in [1.807, 2.05) is 0 Å². The molecule has 0 saturated carbocycles. The Morgan fingerprint density at radius 3 is 1.69 bits per heavy atom. The number of hydrogen-bond donors (Lipinski definition) is 0. The molecule has 11 aromatic rings. The molecule has 3 aromatic heterocycles. The van der Waals surface area contributed by atoms with E-state index in [4.69, 9.17) is 4.42 Å². The molecular weight excluding hydrogens is 621 g/mol. The number of nitrogens with zero attached hydrogens (tertiary/aromatic N) is 2. The lowest BCUT2D eigenvalue weighted by atomic mass is 10.0. The molecule has 0 fully saturated rings. The zero-order valence-corrected chi connectivity index (χ0v) is 27.6. The number of furan rings is 1. The Kier molecular flexibility index (Phi) is 5.96. The molecule has 0 amide bonds. The summed E-state index contributed by atoms with van der Waals surface area (Å²) in [7, 11) is 0. The first-order chi connectivity index (χ1) is 25.3. The van der Waals surface area contributed by atoms with Gasteiger partial charge in [0.2, 0.25) is 0 Å². The summed E-state index contributed by atoms with van der Waals surface area (Å²) in [6.45, 7) is 0. The van der Waals surface area contributed by atoms with Crippen LogP contribution in [0.3, 0.4) is 0 Å². The predicted octanol–water partition coefficient (Wildman–Crippen LogP) is 13.1. The van der Waals surface area contributed by atoms with Crippen LogP contribution in [0, 0.1) is 0 Å². The van der Waals surface area contributed by atoms with Crippen molar-refractivity contribution in [3.8, 4) is 33.6 Å². The smallest absolute Gasteiger partial charge is 0.145 e. The summed E-state index contributed by atoms with van der Waals surface area (Å²) in [4.78, 5) is 0. The fourth-order valence-corrected chi connectivity index (χ4v) is 8.19. The largest absolute Gasteiger partial charge is 0.455 e. The first-order valence-electron chi connectivity index (χ1n) is 17.4. The molecule has 0 saturated heterocycles. The van der Waals surface area contributed by atoms with Crippen LogP contribution in [0.2, 0.25) is 0 Å². The standard InChI is InChI=1S/C48H30N2O/c1-3-12-31(13-4-1)33-22-24-35(25-23-33)49-43-21-10-8-19-39(43)47-44(49)27-26-38-41-29-45-40(30-46(41)51-48(38)47)37-18-7-9-20-42(37)50(45)36-17-11-16-34(28-36)32-14-5-2-6-15-32/h1-30H. The zero-order chi connectivity index (χ0) is 33.5. The van der Waals surface area contributed by atoms with E-state index >= 15 is 0 Å². The second-order valence-electron chi connectivity index (χ2n) is 13.3. The number of rotatable bonds is 4. The number of para-hydroxylation sites is 2. The van der Waals surface area contributed by atoms with Gasteiger partial charge in [-0.05, 0) is 82.9 Å². The van der Waals surface area contributed by atoms with Gasteiger partial charge in [-0.1, -0.05) is 121 Å². The van der Waals surface area contributed by atoms with Crippen LogP contribution in [-0.4, -0.2) is 9.13 Å². The lowest BCUT2D eigenvalue weighted by molar-refractivity contribution is 0.673. The lowest BCUT2D eigenvalue weighted by Crippen LogP contribution is -1.94. The molecule has 0 aliphatic carbocycles. The van der Waals surface area contributed by atoms with Gasteiger partial charge >= 0.3 is 0 Å². The maximum atomic E-state index is 6.93. The normalized spacial score (nSPS) is 11.9. The van der Waals surface area contributed by atoms with E-state index in [0.29, 0.717) is 0 Å². The molecule has 0 N–H and O–H groups in total. The molecule has 8 aromatic carbocycles. The van der Waals surface area contributed by atoms with Gasteiger partial charge in [0.25, 0.3) is 0 Å².